The van der Waals surface area contributed by atoms with Crippen molar-refractivity contribution in [2.45, 2.75) is 25.3 Å². The number of amides is 1. The maximum Gasteiger partial charge on any atom is 0.258 e. The van der Waals surface area contributed by atoms with Gasteiger partial charge in [0.25, 0.3) is 5.91 Å². The number of nitrogens with one attached hydrogen (secondary N) is 1. The topological polar surface area (TPSA) is 50.8 Å². The number of carbonyl (C=O) groups is 1. The van der Waals surface area contributed by atoms with E-state index < -0.39 is 0 Å². The second-order valence-electron chi connectivity index (χ2n) is 5.89. The van der Waals surface area contributed by atoms with E-state index in [0.29, 0.717) is 15.8 Å². The molecule has 1 amide bonds. The van der Waals surface area contributed by atoms with Crippen molar-refractivity contribution in [3.05, 3.63) is 28.2 Å². The highest BCUT2D eigenvalue weighted by Gasteiger charge is 2.20. The summed E-state index contributed by atoms with van der Waals surface area (Å²) >= 11 is 11.8. The average molecular weight is 375 g/mol. The fraction of sp³-hybridized carbons (Fsp3) is 0.588. The van der Waals surface area contributed by atoms with Gasteiger partial charge in [0.1, 0.15) is 5.75 Å². The zero-order valence-electron chi connectivity index (χ0n) is 13.9. The molecule has 0 unspecified atom stereocenters. The van der Waals surface area contributed by atoms with E-state index in [1.807, 2.05) is 0 Å². The van der Waals surface area contributed by atoms with E-state index in [9.17, 15) is 4.79 Å². The Morgan fingerprint density at radius 2 is 2.08 bits per heavy atom. The lowest BCUT2D eigenvalue weighted by molar-refractivity contribution is -0.124. The number of rotatable bonds is 8. The Labute approximate surface area is 153 Å². The molecular formula is C17H24Cl2N2O3. The molecule has 1 aliphatic heterocycles. The van der Waals surface area contributed by atoms with E-state index in [0.717, 1.165) is 45.5 Å². The summed E-state index contributed by atoms with van der Waals surface area (Å²) in [6, 6.07) is 5.15. The van der Waals surface area contributed by atoms with Crippen LogP contribution in [-0.4, -0.2) is 56.8 Å². The number of piperidine rings is 1. The molecule has 0 spiro atoms. The Balaban J connectivity index is 1.66. The van der Waals surface area contributed by atoms with Crippen molar-refractivity contribution in [1.82, 2.24) is 10.2 Å². The summed E-state index contributed by atoms with van der Waals surface area (Å²) in [5.74, 6) is 0.336. The van der Waals surface area contributed by atoms with Crippen molar-refractivity contribution in [3.63, 3.8) is 0 Å². The highest BCUT2D eigenvalue weighted by Crippen LogP contribution is 2.27. The largest absolute Gasteiger partial charge is 0.482 e. The molecule has 1 aliphatic rings. The Kier molecular flexibility index (Phi) is 8.12. The summed E-state index contributed by atoms with van der Waals surface area (Å²) in [4.78, 5) is 14.4. The van der Waals surface area contributed by atoms with Gasteiger partial charge in [0.15, 0.2) is 6.61 Å². The van der Waals surface area contributed by atoms with Gasteiger partial charge in [-0.05, 0) is 37.5 Å². The van der Waals surface area contributed by atoms with Crippen molar-refractivity contribution in [2.75, 3.05) is 40.0 Å². The summed E-state index contributed by atoms with van der Waals surface area (Å²) in [6.07, 6.45) is 2.96. The van der Waals surface area contributed by atoms with Crippen LogP contribution >= 0.6 is 23.2 Å². The Morgan fingerprint density at radius 1 is 1.33 bits per heavy atom. The smallest absolute Gasteiger partial charge is 0.258 e. The minimum Gasteiger partial charge on any atom is -0.482 e. The van der Waals surface area contributed by atoms with Crippen LogP contribution in [0.15, 0.2) is 18.2 Å². The molecule has 5 nitrogen and oxygen atoms in total. The van der Waals surface area contributed by atoms with Crippen LogP contribution in [-0.2, 0) is 9.53 Å². The van der Waals surface area contributed by atoms with Crippen molar-refractivity contribution < 1.29 is 14.3 Å². The molecule has 0 radical (unpaired) electrons. The predicted octanol–water partition coefficient (Wildman–Crippen LogP) is 2.99. The molecule has 24 heavy (non-hydrogen) atoms. The van der Waals surface area contributed by atoms with Crippen LogP contribution in [0.25, 0.3) is 0 Å². The molecule has 1 N–H and O–H groups in total. The maximum absolute atomic E-state index is 12.0. The summed E-state index contributed by atoms with van der Waals surface area (Å²) in [5.41, 5.74) is 0. The van der Waals surface area contributed by atoms with Crippen LogP contribution in [0.2, 0.25) is 10.0 Å². The van der Waals surface area contributed by atoms with E-state index in [-0.39, 0.29) is 18.6 Å². The fourth-order valence-corrected chi connectivity index (χ4v) is 3.20. The first kappa shape index (κ1) is 19.3. The van der Waals surface area contributed by atoms with E-state index in [1.165, 1.54) is 0 Å². The molecule has 0 aliphatic carbocycles. The number of hydrogen-bond acceptors (Lipinski definition) is 4. The number of likely N-dealkylation sites (tertiary alicyclic amines) is 1. The quantitative estimate of drug-likeness (QED) is 0.710. The zero-order valence-corrected chi connectivity index (χ0v) is 15.4. The normalized spacial score (nSPS) is 16.1. The van der Waals surface area contributed by atoms with Gasteiger partial charge in [-0.25, -0.2) is 0 Å². The molecule has 7 heteroatoms. The van der Waals surface area contributed by atoms with Crippen molar-refractivity contribution in [3.8, 4) is 5.75 Å². The lowest BCUT2D eigenvalue weighted by Gasteiger charge is -2.32. The molecule has 134 valence electrons. The number of ether oxygens (including phenoxy) is 2. The third-order valence-electron chi connectivity index (χ3n) is 4.03. The van der Waals surface area contributed by atoms with Gasteiger partial charge in [0.2, 0.25) is 0 Å². The summed E-state index contributed by atoms with van der Waals surface area (Å²) in [5, 5.41) is 3.96. The average Bonchev–Trinajstić information content (AvgIpc) is 2.56. The third-order valence-corrected chi connectivity index (χ3v) is 4.56. The van der Waals surface area contributed by atoms with Crippen LogP contribution in [0.4, 0.5) is 0 Å². The number of hydrogen-bond donors (Lipinski definition) is 1. The Morgan fingerprint density at radius 3 is 2.75 bits per heavy atom. The van der Waals surface area contributed by atoms with Gasteiger partial charge in [-0.15, -0.1) is 0 Å². The predicted molar refractivity (Wildman–Crippen MR) is 96.1 cm³/mol. The first-order chi connectivity index (χ1) is 11.6. The standard InChI is InChI=1S/C17H24Cl2N2O3/c1-23-10-2-7-21-8-5-14(6-9-21)20-17(22)12-24-16-4-3-13(18)11-15(16)19/h3-4,11,14H,2,5-10,12H2,1H3,(H,20,22). The van der Waals surface area contributed by atoms with Gasteiger partial charge in [-0.1, -0.05) is 23.2 Å². The molecule has 0 atom stereocenters. The van der Waals surface area contributed by atoms with E-state index in [2.05, 4.69) is 10.2 Å². The number of carbonyl (C=O) groups excluding carboxylic acids is 1. The lowest BCUT2D eigenvalue weighted by atomic mass is 10.0. The molecule has 1 saturated heterocycles. The molecule has 1 heterocycles. The SMILES string of the molecule is COCCCN1CCC(NC(=O)COc2ccc(Cl)cc2Cl)CC1. The minimum absolute atomic E-state index is 0.0462. The van der Waals surface area contributed by atoms with E-state index in [4.69, 9.17) is 32.7 Å². The first-order valence-corrected chi connectivity index (χ1v) is 8.92. The molecule has 0 bridgehead atoms. The van der Waals surface area contributed by atoms with Crippen molar-refractivity contribution in [1.29, 1.82) is 0 Å². The van der Waals surface area contributed by atoms with Gasteiger partial charge in [0, 0.05) is 44.4 Å². The molecule has 2 rings (SSSR count). The van der Waals surface area contributed by atoms with Crippen molar-refractivity contribution in [2.24, 2.45) is 0 Å². The second-order valence-corrected chi connectivity index (χ2v) is 6.74. The number of benzene rings is 1. The van der Waals surface area contributed by atoms with Gasteiger partial charge < -0.3 is 19.7 Å². The minimum atomic E-state index is -0.126. The van der Waals surface area contributed by atoms with Crippen LogP contribution < -0.4 is 10.1 Å². The molecule has 1 fully saturated rings. The number of nitrogens with zero attached hydrogens (tertiary/aromatic N) is 1. The van der Waals surface area contributed by atoms with Gasteiger partial charge in [0.05, 0.1) is 5.02 Å². The molecule has 0 saturated carbocycles. The fourth-order valence-electron chi connectivity index (χ4n) is 2.74. The van der Waals surface area contributed by atoms with Gasteiger partial charge in [-0.2, -0.15) is 0 Å². The van der Waals surface area contributed by atoms with E-state index >= 15 is 0 Å². The second kappa shape index (κ2) is 10.1. The Hall–Kier alpha value is -1.01. The first-order valence-electron chi connectivity index (χ1n) is 8.17. The van der Waals surface area contributed by atoms with Crippen LogP contribution in [0.3, 0.4) is 0 Å². The highest BCUT2D eigenvalue weighted by atomic mass is 35.5. The summed E-state index contributed by atoms with van der Waals surface area (Å²) in [7, 11) is 1.72. The van der Waals surface area contributed by atoms with Gasteiger partial charge >= 0.3 is 0 Å². The molecule has 1 aromatic rings. The zero-order chi connectivity index (χ0) is 17.4. The lowest BCUT2D eigenvalue weighted by Crippen LogP contribution is -2.46. The maximum atomic E-state index is 12.0. The third kappa shape index (κ3) is 6.48. The van der Waals surface area contributed by atoms with Crippen LogP contribution in [0.1, 0.15) is 19.3 Å². The molecular weight excluding hydrogens is 351 g/mol. The molecule has 0 aromatic heterocycles. The van der Waals surface area contributed by atoms with Gasteiger partial charge in [-0.3, -0.25) is 4.79 Å². The summed E-state index contributed by atoms with van der Waals surface area (Å²) in [6.45, 7) is 3.79. The van der Waals surface area contributed by atoms with Crippen LogP contribution in [0.5, 0.6) is 5.75 Å². The van der Waals surface area contributed by atoms with Crippen molar-refractivity contribution >= 4 is 29.1 Å². The Bertz CT molecular complexity index is 535. The van der Waals surface area contributed by atoms with E-state index in [1.54, 1.807) is 25.3 Å². The highest BCUT2D eigenvalue weighted by molar-refractivity contribution is 6.35. The number of halogens is 2. The molecule has 1 aromatic carbocycles. The monoisotopic (exact) mass is 374 g/mol. The number of methoxy groups -OCH3 is 1. The summed E-state index contributed by atoms with van der Waals surface area (Å²) < 4.78 is 10.5. The van der Waals surface area contributed by atoms with Crippen LogP contribution in [0, 0.1) is 0 Å².